The fourth-order valence-electron chi connectivity index (χ4n) is 1.96. The van der Waals surface area contributed by atoms with Crippen LogP contribution in [0.5, 0.6) is 5.75 Å². The second-order valence-electron chi connectivity index (χ2n) is 4.74. The Bertz CT molecular complexity index is 563. The van der Waals surface area contributed by atoms with E-state index < -0.39 is 0 Å². The molecule has 0 aliphatic rings. The summed E-state index contributed by atoms with van der Waals surface area (Å²) >= 11 is 0. The first kappa shape index (κ1) is 15.9. The smallest absolute Gasteiger partial charge is 0.191 e. The van der Waals surface area contributed by atoms with E-state index in [9.17, 15) is 0 Å². The highest BCUT2D eigenvalue weighted by atomic mass is 16.5. The van der Waals surface area contributed by atoms with E-state index in [1.807, 2.05) is 41.2 Å². The molecule has 6 nitrogen and oxygen atoms in total. The van der Waals surface area contributed by atoms with Crippen LogP contribution in [-0.2, 0) is 13.1 Å². The Morgan fingerprint density at radius 1 is 1.27 bits per heavy atom. The molecule has 0 aliphatic heterocycles. The van der Waals surface area contributed by atoms with Crippen molar-refractivity contribution >= 4 is 5.96 Å². The van der Waals surface area contributed by atoms with Gasteiger partial charge in [-0.1, -0.05) is 12.1 Å². The topological polar surface area (TPSA) is 63.5 Å². The molecule has 2 aromatic rings. The van der Waals surface area contributed by atoms with E-state index in [4.69, 9.17) is 4.74 Å². The highest BCUT2D eigenvalue weighted by molar-refractivity contribution is 5.79. The summed E-state index contributed by atoms with van der Waals surface area (Å²) in [5.41, 5.74) is 1.14. The molecule has 118 valence electrons. The number of methoxy groups -OCH3 is 1. The van der Waals surface area contributed by atoms with Gasteiger partial charge in [0.25, 0.3) is 0 Å². The van der Waals surface area contributed by atoms with E-state index in [1.165, 1.54) is 0 Å². The normalized spacial score (nSPS) is 11.3. The van der Waals surface area contributed by atoms with Crippen LogP contribution in [0.2, 0.25) is 0 Å². The molecule has 0 unspecified atom stereocenters. The number of aromatic nitrogens is 2. The summed E-state index contributed by atoms with van der Waals surface area (Å²) in [6, 6.07) is 9.86. The summed E-state index contributed by atoms with van der Waals surface area (Å²) < 4.78 is 7.04. The Hall–Kier alpha value is -2.50. The average molecular weight is 301 g/mol. The van der Waals surface area contributed by atoms with Crippen molar-refractivity contribution in [1.82, 2.24) is 20.4 Å². The molecule has 0 spiro atoms. The highest BCUT2D eigenvalue weighted by Crippen LogP contribution is 2.11. The second-order valence-corrected chi connectivity index (χ2v) is 4.74. The molecule has 1 aromatic heterocycles. The Labute approximate surface area is 131 Å². The number of guanidine groups is 1. The lowest BCUT2D eigenvalue weighted by molar-refractivity contribution is 0.414. The second kappa shape index (κ2) is 8.71. The molecule has 0 fully saturated rings. The molecular weight excluding hydrogens is 278 g/mol. The van der Waals surface area contributed by atoms with E-state index in [0.717, 1.165) is 36.9 Å². The summed E-state index contributed by atoms with van der Waals surface area (Å²) in [7, 11) is 1.67. The molecule has 0 radical (unpaired) electrons. The molecule has 22 heavy (non-hydrogen) atoms. The summed E-state index contributed by atoms with van der Waals surface area (Å²) in [5.74, 6) is 1.67. The molecular formula is C16H23N5O. The summed E-state index contributed by atoms with van der Waals surface area (Å²) in [6.07, 6.45) is 3.73. The quantitative estimate of drug-likeness (QED) is 0.603. The molecule has 6 heteroatoms. The van der Waals surface area contributed by atoms with E-state index in [2.05, 4.69) is 27.6 Å². The third-order valence-electron chi connectivity index (χ3n) is 3.12. The molecule has 0 atom stereocenters. The van der Waals surface area contributed by atoms with E-state index in [-0.39, 0.29) is 0 Å². The van der Waals surface area contributed by atoms with Crippen LogP contribution in [0.3, 0.4) is 0 Å². The van der Waals surface area contributed by atoms with Crippen molar-refractivity contribution in [3.05, 3.63) is 48.3 Å². The summed E-state index contributed by atoms with van der Waals surface area (Å²) in [6.45, 7) is 5.09. The first-order valence-corrected chi connectivity index (χ1v) is 7.44. The van der Waals surface area contributed by atoms with Crippen molar-refractivity contribution in [2.24, 2.45) is 4.99 Å². The van der Waals surface area contributed by atoms with Crippen LogP contribution in [-0.4, -0.2) is 35.9 Å². The maximum atomic E-state index is 5.15. The lowest BCUT2D eigenvalue weighted by atomic mass is 10.2. The number of benzene rings is 1. The van der Waals surface area contributed by atoms with Gasteiger partial charge < -0.3 is 15.4 Å². The van der Waals surface area contributed by atoms with E-state index in [1.54, 1.807) is 13.3 Å². The van der Waals surface area contributed by atoms with Gasteiger partial charge in [0.05, 0.1) is 20.2 Å². The zero-order valence-corrected chi connectivity index (χ0v) is 13.1. The third-order valence-corrected chi connectivity index (χ3v) is 3.12. The zero-order valence-electron chi connectivity index (χ0n) is 13.1. The van der Waals surface area contributed by atoms with Crippen molar-refractivity contribution in [3.63, 3.8) is 0 Å². The van der Waals surface area contributed by atoms with Crippen molar-refractivity contribution < 1.29 is 4.74 Å². The maximum Gasteiger partial charge on any atom is 0.191 e. The van der Waals surface area contributed by atoms with Gasteiger partial charge in [0.15, 0.2) is 5.96 Å². The van der Waals surface area contributed by atoms with Gasteiger partial charge in [0.2, 0.25) is 0 Å². The van der Waals surface area contributed by atoms with Crippen molar-refractivity contribution in [2.75, 3.05) is 20.2 Å². The first-order valence-electron chi connectivity index (χ1n) is 7.44. The molecule has 1 heterocycles. The fourth-order valence-corrected chi connectivity index (χ4v) is 1.96. The maximum absolute atomic E-state index is 5.15. The Kier molecular flexibility index (Phi) is 6.29. The van der Waals surface area contributed by atoms with Crippen molar-refractivity contribution in [2.45, 2.75) is 20.0 Å². The van der Waals surface area contributed by atoms with Gasteiger partial charge in [-0.05, 0) is 30.7 Å². The zero-order chi connectivity index (χ0) is 15.6. The summed E-state index contributed by atoms with van der Waals surface area (Å²) in [5, 5.41) is 10.7. The molecule has 1 aromatic carbocycles. The molecule has 0 bridgehead atoms. The van der Waals surface area contributed by atoms with E-state index >= 15 is 0 Å². The number of nitrogens with one attached hydrogen (secondary N) is 2. The van der Waals surface area contributed by atoms with Gasteiger partial charge in [-0.15, -0.1) is 0 Å². The van der Waals surface area contributed by atoms with Crippen molar-refractivity contribution in [3.8, 4) is 5.75 Å². The van der Waals surface area contributed by atoms with Gasteiger partial charge in [-0.3, -0.25) is 4.68 Å². The SMILES string of the molecule is CCNC(=NCc1ccc(OC)cc1)NCCn1cccn1. The van der Waals surface area contributed by atoms with Gasteiger partial charge in [0, 0.05) is 25.5 Å². The lowest BCUT2D eigenvalue weighted by Crippen LogP contribution is -2.38. The van der Waals surface area contributed by atoms with Crippen molar-refractivity contribution in [1.29, 1.82) is 0 Å². The van der Waals surface area contributed by atoms with E-state index in [0.29, 0.717) is 6.54 Å². The Morgan fingerprint density at radius 2 is 2.09 bits per heavy atom. The van der Waals surface area contributed by atoms with Gasteiger partial charge in [-0.2, -0.15) is 5.10 Å². The Morgan fingerprint density at radius 3 is 2.73 bits per heavy atom. The lowest BCUT2D eigenvalue weighted by Gasteiger charge is -2.11. The predicted octanol–water partition coefficient (Wildman–Crippen LogP) is 1.65. The molecule has 0 saturated heterocycles. The standard InChI is InChI=1S/C16H23N5O/c1-3-17-16(18-10-12-21-11-4-9-20-21)19-13-14-5-7-15(22-2)8-6-14/h4-9,11H,3,10,12-13H2,1-2H3,(H2,17,18,19). The van der Waals surface area contributed by atoms with Gasteiger partial charge >= 0.3 is 0 Å². The van der Waals surface area contributed by atoms with Gasteiger partial charge in [0.1, 0.15) is 5.75 Å². The van der Waals surface area contributed by atoms with Crippen LogP contribution >= 0.6 is 0 Å². The van der Waals surface area contributed by atoms with Crippen LogP contribution in [0, 0.1) is 0 Å². The number of ether oxygens (including phenoxy) is 1. The molecule has 2 N–H and O–H groups in total. The minimum atomic E-state index is 0.626. The average Bonchev–Trinajstić information content (AvgIpc) is 3.06. The highest BCUT2D eigenvalue weighted by Gasteiger charge is 1.98. The number of hydrogen-bond acceptors (Lipinski definition) is 3. The van der Waals surface area contributed by atoms with Crippen LogP contribution < -0.4 is 15.4 Å². The number of nitrogens with zero attached hydrogens (tertiary/aromatic N) is 3. The predicted molar refractivity (Wildman–Crippen MR) is 88.0 cm³/mol. The summed E-state index contributed by atoms with van der Waals surface area (Å²) in [4.78, 5) is 4.58. The molecule has 0 saturated carbocycles. The first-order chi connectivity index (χ1) is 10.8. The number of hydrogen-bond donors (Lipinski definition) is 2. The molecule has 2 rings (SSSR count). The minimum Gasteiger partial charge on any atom is -0.497 e. The van der Waals surface area contributed by atoms with Crippen LogP contribution in [0.4, 0.5) is 0 Å². The number of rotatable bonds is 7. The minimum absolute atomic E-state index is 0.626. The van der Waals surface area contributed by atoms with Crippen LogP contribution in [0.25, 0.3) is 0 Å². The van der Waals surface area contributed by atoms with Crippen LogP contribution in [0.15, 0.2) is 47.7 Å². The van der Waals surface area contributed by atoms with Crippen LogP contribution in [0.1, 0.15) is 12.5 Å². The third kappa shape index (κ3) is 5.12. The van der Waals surface area contributed by atoms with Gasteiger partial charge in [-0.25, -0.2) is 4.99 Å². The monoisotopic (exact) mass is 301 g/mol. The Balaban J connectivity index is 1.85. The number of aliphatic imine (C=N–C) groups is 1. The molecule has 0 amide bonds. The molecule has 0 aliphatic carbocycles. The largest absolute Gasteiger partial charge is 0.497 e. The fraction of sp³-hybridized carbons (Fsp3) is 0.375.